The first-order valence-corrected chi connectivity index (χ1v) is 8.75. The van der Waals surface area contributed by atoms with Gasteiger partial charge in [-0.1, -0.05) is 72.8 Å². The second-order valence-electron chi connectivity index (χ2n) is 6.12. The Hall–Kier alpha value is -1.90. The van der Waals surface area contributed by atoms with Gasteiger partial charge in [0.05, 0.1) is 6.10 Å². The largest absolute Gasteiger partial charge is 0.424 e. The second kappa shape index (κ2) is 5.71. The molecular weight excluding hydrogens is 284 g/mol. The van der Waals surface area contributed by atoms with Crippen molar-refractivity contribution in [1.82, 2.24) is 0 Å². The van der Waals surface area contributed by atoms with Crippen LogP contribution in [-0.4, -0.2) is 16.6 Å². The van der Waals surface area contributed by atoms with Gasteiger partial charge in [0, 0.05) is 11.8 Å². The molecule has 0 saturated carbocycles. The van der Waals surface area contributed by atoms with Gasteiger partial charge in [0.25, 0.3) is 0 Å². The fourth-order valence-electron chi connectivity index (χ4n) is 3.77. The number of rotatable bonds is 4. The summed E-state index contributed by atoms with van der Waals surface area (Å²) in [7, 11) is 0.778. The van der Waals surface area contributed by atoms with Gasteiger partial charge >= 0.3 is 0 Å². The molecule has 0 amide bonds. The van der Waals surface area contributed by atoms with Crippen LogP contribution >= 0.6 is 0 Å². The third-order valence-corrected chi connectivity index (χ3v) is 5.54. The summed E-state index contributed by atoms with van der Waals surface area (Å²) in [6.07, 6.45) is 10.5. The van der Waals surface area contributed by atoms with Gasteiger partial charge in [-0.25, -0.2) is 0 Å². The van der Waals surface area contributed by atoms with Crippen molar-refractivity contribution in [1.29, 1.82) is 0 Å². The second-order valence-corrected chi connectivity index (χ2v) is 6.59. The van der Waals surface area contributed by atoms with Gasteiger partial charge in [-0.15, -0.1) is 0 Å². The van der Waals surface area contributed by atoms with Gasteiger partial charge in [0.2, 0.25) is 0 Å². The van der Waals surface area contributed by atoms with Crippen molar-refractivity contribution >= 4 is 22.6 Å². The highest BCUT2D eigenvalue weighted by Crippen LogP contribution is 2.40. The smallest absolute Gasteiger partial charge is 0.146 e. The maximum absolute atomic E-state index is 6.02. The van der Waals surface area contributed by atoms with Gasteiger partial charge in [-0.3, -0.25) is 0 Å². The van der Waals surface area contributed by atoms with Gasteiger partial charge in [0.15, 0.2) is 0 Å². The van der Waals surface area contributed by atoms with Gasteiger partial charge in [-0.05, 0) is 28.7 Å². The van der Waals surface area contributed by atoms with Crippen LogP contribution in [0.4, 0.5) is 0 Å². The van der Waals surface area contributed by atoms with Gasteiger partial charge in [0.1, 0.15) is 10.5 Å². The zero-order valence-electron chi connectivity index (χ0n) is 12.8. The average molecular weight is 304 g/mol. The Balaban J connectivity index is 1.58. The molecule has 0 N–H and O–H groups in total. The molecule has 0 radical (unpaired) electrons. The molecule has 0 aliphatic heterocycles. The summed E-state index contributed by atoms with van der Waals surface area (Å²) in [4.78, 5) is 0. The van der Waals surface area contributed by atoms with Crippen molar-refractivity contribution in [3.63, 3.8) is 0 Å². The quantitative estimate of drug-likeness (QED) is 0.783. The summed E-state index contributed by atoms with van der Waals surface area (Å²) in [5.41, 5.74) is 5.57. The molecule has 2 aliphatic carbocycles. The highest BCUT2D eigenvalue weighted by molar-refractivity contribution is 5.98. The third-order valence-electron chi connectivity index (χ3n) is 4.93. The van der Waals surface area contributed by atoms with Crippen LogP contribution in [0.25, 0.3) is 12.2 Å². The molecule has 2 aliphatic rings. The van der Waals surface area contributed by atoms with Crippen molar-refractivity contribution in [2.45, 2.75) is 24.4 Å². The summed E-state index contributed by atoms with van der Waals surface area (Å²) >= 11 is 0. The molecule has 4 rings (SSSR count). The Bertz CT molecular complexity index is 747. The number of fused-ring (bicyclic) bond motifs is 2. The molecule has 3 unspecified atom stereocenters. The van der Waals surface area contributed by atoms with Crippen molar-refractivity contribution in [3.8, 4) is 0 Å². The molecule has 2 aromatic carbocycles. The Morgan fingerprint density at radius 3 is 2.27 bits per heavy atom. The maximum atomic E-state index is 6.02. The van der Waals surface area contributed by atoms with Crippen LogP contribution in [0.1, 0.15) is 40.5 Å². The third kappa shape index (κ3) is 2.29. The van der Waals surface area contributed by atoms with Crippen LogP contribution in [0, 0.1) is 0 Å². The van der Waals surface area contributed by atoms with Crippen LogP contribution in [0.15, 0.2) is 60.7 Å². The van der Waals surface area contributed by atoms with Crippen LogP contribution in [0.5, 0.6) is 0 Å². The first-order valence-electron chi connectivity index (χ1n) is 7.94. The zero-order chi connectivity index (χ0) is 14.9. The normalized spacial score (nSPS) is 22.7. The molecule has 0 aromatic heterocycles. The van der Waals surface area contributed by atoms with E-state index in [-0.39, 0.29) is 6.10 Å². The fourth-order valence-corrected chi connectivity index (χ4v) is 4.26. The minimum atomic E-state index is 0.271. The summed E-state index contributed by atoms with van der Waals surface area (Å²) in [5.74, 6) is 0.881. The highest BCUT2D eigenvalue weighted by Gasteiger charge is 2.29. The lowest BCUT2D eigenvalue weighted by atomic mass is 9.87. The van der Waals surface area contributed by atoms with E-state index >= 15 is 0 Å². The molecule has 0 bridgehead atoms. The van der Waals surface area contributed by atoms with Crippen LogP contribution < -0.4 is 0 Å². The lowest BCUT2D eigenvalue weighted by molar-refractivity contribution is 0.189. The number of allylic oxidation sites excluding steroid dienone is 1. The standard InChI is InChI=1S/C20H20OSi/c22-21-20(19-12-11-15-6-2-4-8-18(15)19)13-16-10-9-14-5-1-3-7-17(14)16/h1-12,16,19-20H,13H2,22H3. The Kier molecular flexibility index (Phi) is 3.57. The van der Waals surface area contributed by atoms with Gasteiger partial charge in [-0.2, -0.15) is 0 Å². The molecule has 0 heterocycles. The summed E-state index contributed by atoms with van der Waals surface area (Å²) < 4.78 is 6.02. The number of hydrogen-bond donors (Lipinski definition) is 0. The molecule has 0 fully saturated rings. The van der Waals surface area contributed by atoms with E-state index < -0.39 is 0 Å². The van der Waals surface area contributed by atoms with E-state index in [0.717, 1.165) is 16.9 Å². The molecular formula is C20H20OSi. The fraction of sp³-hybridized carbons (Fsp3) is 0.200. The summed E-state index contributed by atoms with van der Waals surface area (Å²) in [5, 5.41) is 0. The Labute approximate surface area is 134 Å². The van der Waals surface area contributed by atoms with E-state index in [1.54, 1.807) is 0 Å². The van der Waals surface area contributed by atoms with Crippen molar-refractivity contribution in [2.24, 2.45) is 0 Å². The molecule has 0 spiro atoms. The van der Waals surface area contributed by atoms with Crippen molar-refractivity contribution in [3.05, 3.63) is 82.9 Å². The number of hydrogen-bond acceptors (Lipinski definition) is 1. The molecule has 1 nitrogen and oxygen atoms in total. The zero-order valence-corrected chi connectivity index (χ0v) is 14.8. The first-order chi connectivity index (χ1) is 10.9. The van der Waals surface area contributed by atoms with E-state index in [1.807, 2.05) is 0 Å². The lowest BCUT2D eigenvalue weighted by Gasteiger charge is -2.26. The van der Waals surface area contributed by atoms with Gasteiger partial charge < -0.3 is 4.43 Å². The Morgan fingerprint density at radius 1 is 0.864 bits per heavy atom. The Morgan fingerprint density at radius 2 is 1.50 bits per heavy atom. The minimum absolute atomic E-state index is 0.271. The monoisotopic (exact) mass is 304 g/mol. The van der Waals surface area contributed by atoms with E-state index in [1.165, 1.54) is 22.3 Å². The number of benzene rings is 2. The van der Waals surface area contributed by atoms with Crippen LogP contribution in [0.3, 0.4) is 0 Å². The minimum Gasteiger partial charge on any atom is -0.424 e. The van der Waals surface area contributed by atoms with Crippen molar-refractivity contribution < 1.29 is 4.43 Å². The summed E-state index contributed by atoms with van der Waals surface area (Å²) in [6, 6.07) is 17.4. The predicted molar refractivity (Wildman–Crippen MR) is 95.9 cm³/mol. The molecule has 110 valence electrons. The van der Waals surface area contributed by atoms with Crippen LogP contribution in [0.2, 0.25) is 0 Å². The molecule has 2 heteroatoms. The van der Waals surface area contributed by atoms with E-state index in [2.05, 4.69) is 72.8 Å². The summed E-state index contributed by atoms with van der Waals surface area (Å²) in [6.45, 7) is 0. The van der Waals surface area contributed by atoms with Crippen molar-refractivity contribution in [2.75, 3.05) is 0 Å². The maximum Gasteiger partial charge on any atom is 0.146 e. The highest BCUT2D eigenvalue weighted by atomic mass is 28.2. The topological polar surface area (TPSA) is 9.23 Å². The average Bonchev–Trinajstić information content (AvgIpc) is 3.17. The van der Waals surface area contributed by atoms with E-state index in [9.17, 15) is 0 Å². The first kappa shape index (κ1) is 13.7. The SMILES string of the molecule is [SiH3]OC(CC1C=Cc2ccccc21)C1C=Cc2ccccc21. The van der Waals surface area contributed by atoms with Crippen LogP contribution in [-0.2, 0) is 4.43 Å². The molecule has 0 saturated heterocycles. The predicted octanol–water partition coefficient (Wildman–Crippen LogP) is 3.66. The molecule has 22 heavy (non-hydrogen) atoms. The molecule has 3 atom stereocenters. The lowest BCUT2D eigenvalue weighted by Crippen LogP contribution is -2.21. The van der Waals surface area contributed by atoms with E-state index in [4.69, 9.17) is 4.43 Å². The molecule has 2 aromatic rings. The van der Waals surface area contributed by atoms with E-state index in [0.29, 0.717) is 11.8 Å².